The zero-order chi connectivity index (χ0) is 12.3. The zero-order valence-corrected chi connectivity index (χ0v) is 11.0. The maximum Gasteiger partial charge on any atom is 0.255 e. The highest BCUT2D eigenvalue weighted by atomic mass is 79.9. The van der Waals surface area contributed by atoms with Crippen LogP contribution in [0, 0.1) is 0 Å². The number of likely N-dealkylation sites (tertiary alicyclic amines) is 1. The second kappa shape index (κ2) is 5.62. The predicted molar refractivity (Wildman–Crippen MR) is 68.3 cm³/mol. The smallest absolute Gasteiger partial charge is 0.255 e. The van der Waals surface area contributed by atoms with Gasteiger partial charge in [0.05, 0.1) is 18.2 Å². The highest BCUT2D eigenvalue weighted by Crippen LogP contribution is 2.23. The Bertz CT molecular complexity index is 411. The summed E-state index contributed by atoms with van der Waals surface area (Å²) in [7, 11) is 0. The van der Waals surface area contributed by atoms with E-state index in [0.29, 0.717) is 12.2 Å². The quantitative estimate of drug-likeness (QED) is 0.868. The topological polar surface area (TPSA) is 55.6 Å². The number of hydrogen-bond acceptors (Lipinski definition) is 3. The van der Waals surface area contributed by atoms with Crippen LogP contribution < -0.4 is 5.90 Å². The SMILES string of the molecule is NOCC1CCCN1C(=O)c1ccccc1Br. The molecule has 1 amide bonds. The summed E-state index contributed by atoms with van der Waals surface area (Å²) in [5, 5.41) is 0. The minimum atomic E-state index is 0.0389. The molecular weight excluding hydrogens is 284 g/mol. The van der Waals surface area contributed by atoms with Gasteiger partial charge in [0.1, 0.15) is 0 Å². The second-order valence-corrected chi connectivity index (χ2v) is 4.96. The first-order chi connectivity index (χ1) is 8.24. The Morgan fingerprint density at radius 1 is 1.53 bits per heavy atom. The summed E-state index contributed by atoms with van der Waals surface area (Å²) >= 11 is 3.40. The van der Waals surface area contributed by atoms with Crippen LogP contribution in [0.3, 0.4) is 0 Å². The molecule has 0 radical (unpaired) electrons. The molecule has 1 aliphatic heterocycles. The lowest BCUT2D eigenvalue weighted by Gasteiger charge is -2.24. The number of amides is 1. The summed E-state index contributed by atoms with van der Waals surface area (Å²) < 4.78 is 0.823. The molecule has 0 bridgehead atoms. The van der Waals surface area contributed by atoms with Crippen LogP contribution in [0.1, 0.15) is 23.2 Å². The molecule has 1 atom stereocenters. The van der Waals surface area contributed by atoms with Crippen molar-refractivity contribution in [1.29, 1.82) is 0 Å². The molecule has 1 aliphatic rings. The van der Waals surface area contributed by atoms with Crippen molar-refractivity contribution in [1.82, 2.24) is 4.90 Å². The second-order valence-electron chi connectivity index (χ2n) is 4.11. The number of carbonyl (C=O) groups is 1. The third kappa shape index (κ3) is 2.68. The highest BCUT2D eigenvalue weighted by Gasteiger charge is 2.30. The first-order valence-electron chi connectivity index (χ1n) is 5.61. The fourth-order valence-corrected chi connectivity index (χ4v) is 2.63. The largest absolute Gasteiger partial charge is 0.333 e. The van der Waals surface area contributed by atoms with Gasteiger partial charge in [-0.15, -0.1) is 0 Å². The number of hydrogen-bond donors (Lipinski definition) is 1. The monoisotopic (exact) mass is 298 g/mol. The van der Waals surface area contributed by atoms with E-state index in [0.717, 1.165) is 23.9 Å². The van der Waals surface area contributed by atoms with Crippen molar-refractivity contribution >= 4 is 21.8 Å². The van der Waals surface area contributed by atoms with E-state index in [1.807, 2.05) is 29.2 Å². The van der Waals surface area contributed by atoms with Crippen LogP contribution in [0.2, 0.25) is 0 Å². The molecule has 5 heteroatoms. The van der Waals surface area contributed by atoms with Gasteiger partial charge in [-0.2, -0.15) is 0 Å². The normalized spacial score (nSPS) is 19.6. The zero-order valence-electron chi connectivity index (χ0n) is 9.43. The molecule has 1 aromatic rings. The summed E-state index contributed by atoms with van der Waals surface area (Å²) in [5.74, 6) is 5.13. The molecule has 1 heterocycles. The Balaban J connectivity index is 2.17. The van der Waals surface area contributed by atoms with Gasteiger partial charge in [-0.05, 0) is 40.9 Å². The first kappa shape index (κ1) is 12.5. The molecule has 4 nitrogen and oxygen atoms in total. The first-order valence-corrected chi connectivity index (χ1v) is 6.40. The average Bonchev–Trinajstić information content (AvgIpc) is 2.78. The number of nitrogens with two attached hydrogens (primary N) is 1. The molecule has 0 saturated carbocycles. The molecular formula is C12H15BrN2O2. The Labute approximate surface area is 109 Å². The Morgan fingerprint density at radius 2 is 2.29 bits per heavy atom. The molecule has 1 fully saturated rings. The summed E-state index contributed by atoms with van der Waals surface area (Å²) in [5.41, 5.74) is 0.691. The molecule has 1 unspecified atom stereocenters. The Morgan fingerprint density at radius 3 is 3.00 bits per heavy atom. The molecule has 0 spiro atoms. The van der Waals surface area contributed by atoms with Gasteiger partial charge >= 0.3 is 0 Å². The average molecular weight is 299 g/mol. The van der Waals surface area contributed by atoms with Crippen molar-refractivity contribution in [3.05, 3.63) is 34.3 Å². The van der Waals surface area contributed by atoms with Gasteiger partial charge in [-0.3, -0.25) is 4.79 Å². The molecule has 92 valence electrons. The number of halogens is 1. The van der Waals surface area contributed by atoms with E-state index in [1.54, 1.807) is 0 Å². The summed E-state index contributed by atoms with van der Waals surface area (Å²) in [6.45, 7) is 1.17. The van der Waals surface area contributed by atoms with Crippen molar-refractivity contribution in [2.45, 2.75) is 18.9 Å². The van der Waals surface area contributed by atoms with Gasteiger partial charge in [-0.25, -0.2) is 5.90 Å². The molecule has 17 heavy (non-hydrogen) atoms. The van der Waals surface area contributed by atoms with E-state index >= 15 is 0 Å². The summed E-state index contributed by atoms with van der Waals surface area (Å²) in [6.07, 6.45) is 1.96. The lowest BCUT2D eigenvalue weighted by Crippen LogP contribution is -2.39. The van der Waals surface area contributed by atoms with Gasteiger partial charge < -0.3 is 9.74 Å². The molecule has 1 aromatic carbocycles. The minimum absolute atomic E-state index is 0.0389. The fourth-order valence-electron chi connectivity index (χ4n) is 2.18. The van der Waals surface area contributed by atoms with Crippen LogP contribution in [0.5, 0.6) is 0 Å². The number of nitrogens with zero attached hydrogens (tertiary/aromatic N) is 1. The molecule has 1 saturated heterocycles. The predicted octanol–water partition coefficient (Wildman–Crippen LogP) is 1.94. The van der Waals surface area contributed by atoms with Crippen LogP contribution in [-0.4, -0.2) is 30.0 Å². The van der Waals surface area contributed by atoms with E-state index < -0.39 is 0 Å². The lowest BCUT2D eigenvalue weighted by molar-refractivity contribution is 0.0539. The van der Waals surface area contributed by atoms with Crippen LogP contribution in [0.4, 0.5) is 0 Å². The van der Waals surface area contributed by atoms with Gasteiger partial charge in [0.15, 0.2) is 0 Å². The fraction of sp³-hybridized carbons (Fsp3) is 0.417. The third-order valence-corrected chi connectivity index (χ3v) is 3.72. The van der Waals surface area contributed by atoms with E-state index in [2.05, 4.69) is 20.8 Å². The van der Waals surface area contributed by atoms with Crippen LogP contribution >= 0.6 is 15.9 Å². The molecule has 2 rings (SSSR count). The minimum Gasteiger partial charge on any atom is -0.333 e. The number of rotatable bonds is 3. The van der Waals surface area contributed by atoms with Crippen molar-refractivity contribution in [3.63, 3.8) is 0 Å². The summed E-state index contributed by atoms with van der Waals surface area (Å²) in [4.78, 5) is 18.9. The lowest BCUT2D eigenvalue weighted by atomic mass is 10.2. The van der Waals surface area contributed by atoms with Crippen molar-refractivity contribution in [2.24, 2.45) is 5.90 Å². The van der Waals surface area contributed by atoms with Crippen LogP contribution in [0.15, 0.2) is 28.7 Å². The standard InChI is InChI=1S/C12H15BrN2O2/c13-11-6-2-1-5-10(11)12(16)15-7-3-4-9(15)8-17-14/h1-2,5-6,9H,3-4,7-8,14H2. The van der Waals surface area contributed by atoms with Crippen LogP contribution in [-0.2, 0) is 4.84 Å². The van der Waals surface area contributed by atoms with Crippen molar-refractivity contribution < 1.29 is 9.63 Å². The van der Waals surface area contributed by atoms with E-state index in [1.165, 1.54) is 0 Å². The molecule has 0 aromatic heterocycles. The third-order valence-electron chi connectivity index (χ3n) is 3.03. The van der Waals surface area contributed by atoms with Gasteiger partial charge in [0.25, 0.3) is 5.91 Å². The maximum atomic E-state index is 12.4. The van der Waals surface area contributed by atoms with Gasteiger partial charge in [-0.1, -0.05) is 12.1 Å². The van der Waals surface area contributed by atoms with E-state index in [-0.39, 0.29) is 11.9 Å². The van der Waals surface area contributed by atoms with Crippen LogP contribution in [0.25, 0.3) is 0 Å². The molecule has 2 N–H and O–H groups in total. The number of benzene rings is 1. The maximum absolute atomic E-state index is 12.4. The Hall–Kier alpha value is -0.910. The van der Waals surface area contributed by atoms with Gasteiger partial charge in [0, 0.05) is 11.0 Å². The van der Waals surface area contributed by atoms with Crippen molar-refractivity contribution in [2.75, 3.05) is 13.2 Å². The number of carbonyl (C=O) groups excluding carboxylic acids is 1. The van der Waals surface area contributed by atoms with Gasteiger partial charge in [0.2, 0.25) is 0 Å². The highest BCUT2D eigenvalue weighted by molar-refractivity contribution is 9.10. The Kier molecular flexibility index (Phi) is 4.15. The van der Waals surface area contributed by atoms with E-state index in [4.69, 9.17) is 5.90 Å². The van der Waals surface area contributed by atoms with E-state index in [9.17, 15) is 4.79 Å². The summed E-state index contributed by atoms with van der Waals surface area (Å²) in [6, 6.07) is 7.55. The van der Waals surface area contributed by atoms with Crippen molar-refractivity contribution in [3.8, 4) is 0 Å². The molecule has 0 aliphatic carbocycles.